The second-order valence-corrected chi connectivity index (χ2v) is 4.22. The van der Waals surface area contributed by atoms with Crippen LogP contribution in [0.4, 0.5) is 0 Å². The molecule has 0 aromatic rings. The summed E-state index contributed by atoms with van der Waals surface area (Å²) in [7, 11) is 3.91. The molecule has 0 rings (SSSR count). The van der Waals surface area contributed by atoms with Crippen LogP contribution >= 0.6 is 7.92 Å². The van der Waals surface area contributed by atoms with Crippen LogP contribution in [0.3, 0.4) is 0 Å². The van der Waals surface area contributed by atoms with Gasteiger partial charge in [0.2, 0.25) is 0 Å². The van der Waals surface area contributed by atoms with Crippen LogP contribution in [0.15, 0.2) is 0 Å². The van der Waals surface area contributed by atoms with Gasteiger partial charge < -0.3 is 16.4 Å². The Labute approximate surface area is 58.1 Å². The lowest BCUT2D eigenvalue weighted by Crippen LogP contribution is -2.18. The van der Waals surface area contributed by atoms with Gasteiger partial charge in [-0.3, -0.25) is 0 Å². The van der Waals surface area contributed by atoms with E-state index < -0.39 is 0 Å². The first-order valence-electron chi connectivity index (χ1n) is 3.06. The van der Waals surface area contributed by atoms with Gasteiger partial charge in [-0.2, -0.15) is 0 Å². The number of hydrogen-bond acceptors (Lipinski definition) is 3. The Kier molecular flexibility index (Phi) is 6.65. The van der Waals surface area contributed by atoms with Crippen LogP contribution in [0.5, 0.6) is 0 Å². The van der Waals surface area contributed by atoms with Gasteiger partial charge in [0, 0.05) is 18.9 Å². The predicted octanol–water partition coefficient (Wildman–Crippen LogP) is -0.262. The van der Waals surface area contributed by atoms with E-state index in [2.05, 4.69) is 10.6 Å². The predicted molar refractivity (Wildman–Crippen MR) is 43.8 cm³/mol. The van der Waals surface area contributed by atoms with E-state index in [1.165, 1.54) is 0 Å². The third-order valence-corrected chi connectivity index (χ3v) is 3.06. The zero-order chi connectivity index (χ0) is 7.11. The minimum atomic E-state index is -0.00309. The van der Waals surface area contributed by atoms with Gasteiger partial charge in [-0.1, -0.05) is 7.92 Å². The minimum Gasteiger partial charge on any atom is -0.327 e. The van der Waals surface area contributed by atoms with Crippen molar-refractivity contribution in [3.8, 4) is 0 Å². The molecule has 0 aliphatic rings. The highest BCUT2D eigenvalue weighted by molar-refractivity contribution is 7.57. The zero-order valence-corrected chi connectivity index (χ0v) is 7.04. The van der Waals surface area contributed by atoms with Crippen molar-refractivity contribution in [2.45, 2.75) is 0 Å². The van der Waals surface area contributed by atoms with Crippen LogP contribution < -0.4 is 16.4 Å². The molecule has 0 radical (unpaired) electrons. The van der Waals surface area contributed by atoms with Crippen molar-refractivity contribution in [3.05, 3.63) is 0 Å². The lowest BCUT2D eigenvalue weighted by atomic mass is 11.2. The second kappa shape index (κ2) is 6.43. The first kappa shape index (κ1) is 9.31. The molecule has 0 bridgehead atoms. The smallest absolute Gasteiger partial charge is 0.0176 e. The molecule has 0 saturated heterocycles. The van der Waals surface area contributed by atoms with Crippen molar-refractivity contribution in [2.24, 2.45) is 5.73 Å². The van der Waals surface area contributed by atoms with Crippen molar-refractivity contribution >= 4 is 7.92 Å². The maximum absolute atomic E-state index is 5.49. The third-order valence-electron chi connectivity index (χ3n) is 1.02. The number of hydrogen-bond donors (Lipinski definition) is 3. The van der Waals surface area contributed by atoms with E-state index >= 15 is 0 Å². The zero-order valence-electron chi connectivity index (χ0n) is 6.15. The SMILES string of the molecule is CNCP(CN)CNC. The molecule has 4 heteroatoms. The molecular formula is C5H16N3P. The summed E-state index contributed by atoms with van der Waals surface area (Å²) in [5.74, 6) is 0. The minimum absolute atomic E-state index is 0.00309. The second-order valence-electron chi connectivity index (χ2n) is 1.88. The molecule has 56 valence electrons. The summed E-state index contributed by atoms with van der Waals surface area (Å²) >= 11 is 0. The van der Waals surface area contributed by atoms with E-state index in [0.29, 0.717) is 0 Å². The van der Waals surface area contributed by atoms with Crippen LogP contribution in [0.1, 0.15) is 0 Å². The molecule has 0 aromatic heterocycles. The molecule has 0 unspecified atom stereocenters. The van der Waals surface area contributed by atoms with Gasteiger partial charge in [0.25, 0.3) is 0 Å². The van der Waals surface area contributed by atoms with Gasteiger partial charge in [-0.05, 0) is 14.1 Å². The van der Waals surface area contributed by atoms with E-state index in [-0.39, 0.29) is 7.92 Å². The lowest BCUT2D eigenvalue weighted by molar-refractivity contribution is 0.927. The Morgan fingerprint density at radius 3 is 1.89 bits per heavy atom. The van der Waals surface area contributed by atoms with E-state index in [1.54, 1.807) is 0 Å². The summed E-state index contributed by atoms with van der Waals surface area (Å²) in [6.07, 6.45) is 2.94. The molecule has 9 heavy (non-hydrogen) atoms. The van der Waals surface area contributed by atoms with Crippen molar-refractivity contribution in [2.75, 3.05) is 33.0 Å². The highest BCUT2D eigenvalue weighted by Crippen LogP contribution is 2.28. The van der Waals surface area contributed by atoms with Crippen molar-refractivity contribution < 1.29 is 0 Å². The summed E-state index contributed by atoms with van der Waals surface area (Å²) in [4.78, 5) is 0. The van der Waals surface area contributed by atoms with Crippen LogP contribution in [0.2, 0.25) is 0 Å². The molecule has 0 amide bonds. The largest absolute Gasteiger partial charge is 0.327 e. The molecule has 0 aliphatic heterocycles. The molecule has 0 spiro atoms. The van der Waals surface area contributed by atoms with E-state index in [9.17, 15) is 0 Å². The number of nitrogens with two attached hydrogens (primary N) is 1. The Balaban J connectivity index is 3.18. The fraction of sp³-hybridized carbons (Fsp3) is 1.00. The number of rotatable bonds is 5. The highest BCUT2D eigenvalue weighted by atomic mass is 31.1. The van der Waals surface area contributed by atoms with Gasteiger partial charge in [-0.25, -0.2) is 0 Å². The lowest BCUT2D eigenvalue weighted by Gasteiger charge is -2.13. The molecule has 0 fully saturated rings. The summed E-state index contributed by atoms with van der Waals surface area (Å²) in [6, 6.07) is 0. The molecule has 0 saturated carbocycles. The average molecular weight is 149 g/mol. The quantitative estimate of drug-likeness (QED) is 0.472. The van der Waals surface area contributed by atoms with Crippen molar-refractivity contribution in [1.82, 2.24) is 10.6 Å². The Morgan fingerprint density at radius 2 is 1.67 bits per heavy atom. The van der Waals surface area contributed by atoms with Gasteiger partial charge in [0.1, 0.15) is 0 Å². The van der Waals surface area contributed by atoms with Gasteiger partial charge >= 0.3 is 0 Å². The summed E-state index contributed by atoms with van der Waals surface area (Å²) in [5, 5.41) is 6.22. The maximum Gasteiger partial charge on any atom is 0.0176 e. The standard InChI is InChI=1S/C5H16N3P/c1-7-4-9(3-6)5-8-2/h7-8H,3-6H2,1-2H3. The molecule has 3 nitrogen and oxygen atoms in total. The molecular weight excluding hydrogens is 133 g/mol. The third kappa shape index (κ3) is 4.79. The fourth-order valence-corrected chi connectivity index (χ4v) is 1.90. The van der Waals surface area contributed by atoms with Gasteiger partial charge in [-0.15, -0.1) is 0 Å². The van der Waals surface area contributed by atoms with Crippen LogP contribution in [-0.4, -0.2) is 33.0 Å². The van der Waals surface area contributed by atoms with Crippen LogP contribution in [-0.2, 0) is 0 Å². The Morgan fingerprint density at radius 1 is 1.22 bits per heavy atom. The molecule has 0 atom stereocenters. The Bertz CT molecular complexity index is 54.2. The molecule has 0 aromatic carbocycles. The molecule has 0 aliphatic carbocycles. The van der Waals surface area contributed by atoms with Crippen molar-refractivity contribution in [3.63, 3.8) is 0 Å². The maximum atomic E-state index is 5.49. The van der Waals surface area contributed by atoms with Crippen LogP contribution in [0.25, 0.3) is 0 Å². The molecule has 0 heterocycles. The normalized spacial score (nSPS) is 10.7. The van der Waals surface area contributed by atoms with Crippen LogP contribution in [0, 0.1) is 0 Å². The summed E-state index contributed by atoms with van der Waals surface area (Å²) in [5.41, 5.74) is 5.49. The monoisotopic (exact) mass is 149 g/mol. The van der Waals surface area contributed by atoms with Gasteiger partial charge in [0.05, 0.1) is 0 Å². The van der Waals surface area contributed by atoms with E-state index in [0.717, 1.165) is 18.9 Å². The fourth-order valence-electron chi connectivity index (χ4n) is 0.632. The average Bonchev–Trinajstić information content (AvgIpc) is 1.88. The Hall–Kier alpha value is 0.310. The first-order chi connectivity index (χ1) is 4.35. The topological polar surface area (TPSA) is 50.1 Å². The molecule has 4 N–H and O–H groups in total. The summed E-state index contributed by atoms with van der Waals surface area (Å²) < 4.78 is 0. The number of nitrogens with one attached hydrogen (secondary N) is 2. The van der Waals surface area contributed by atoms with E-state index in [4.69, 9.17) is 5.73 Å². The highest BCUT2D eigenvalue weighted by Gasteiger charge is 2.00. The van der Waals surface area contributed by atoms with Crippen molar-refractivity contribution in [1.29, 1.82) is 0 Å². The van der Waals surface area contributed by atoms with Gasteiger partial charge in [0.15, 0.2) is 0 Å². The first-order valence-corrected chi connectivity index (χ1v) is 4.96. The summed E-state index contributed by atoms with van der Waals surface area (Å²) in [6.45, 7) is 0. The van der Waals surface area contributed by atoms with E-state index in [1.807, 2.05) is 14.1 Å².